The molecule has 0 aromatic heterocycles. The first-order valence-corrected chi connectivity index (χ1v) is 12.7. The van der Waals surface area contributed by atoms with Crippen molar-refractivity contribution in [2.45, 2.75) is 62.3 Å². The Bertz CT molecular complexity index is 1080. The predicted octanol–water partition coefficient (Wildman–Crippen LogP) is 3.99. The van der Waals surface area contributed by atoms with Crippen LogP contribution < -0.4 is 15.2 Å². The van der Waals surface area contributed by atoms with E-state index in [-0.39, 0.29) is 39.5 Å². The summed E-state index contributed by atoms with van der Waals surface area (Å²) in [6, 6.07) is 2.04. The van der Waals surface area contributed by atoms with Gasteiger partial charge in [-0.1, -0.05) is 23.2 Å². The fourth-order valence-electron chi connectivity index (χ4n) is 5.95. The maximum Gasteiger partial charge on any atom is 0.214 e. The monoisotopic (exact) mass is 502 g/mol. The third kappa shape index (κ3) is 4.07. The maximum absolute atomic E-state index is 13.6. The molecule has 1 aromatic carbocycles. The molecule has 4 aliphatic rings. The number of nitrogens with two attached hydrogens (primary N) is 1. The molecule has 4 aliphatic carbocycles. The SMILES string of the molecule is CC(C)(Oc1c(Cl)cc(F)cc1Cl)C(=NC1C2CC3CC1CC(S(N)(=O)=O)(C3)C2)NC#N. The number of amidine groups is 1. The minimum atomic E-state index is -3.67. The van der Waals surface area contributed by atoms with E-state index in [4.69, 9.17) is 38.1 Å². The first kappa shape index (κ1) is 23.6. The summed E-state index contributed by atoms with van der Waals surface area (Å²) in [6.45, 7) is 3.40. The summed E-state index contributed by atoms with van der Waals surface area (Å²) in [4.78, 5) is 4.88. The van der Waals surface area contributed by atoms with E-state index in [1.807, 2.05) is 6.19 Å². The van der Waals surface area contributed by atoms with E-state index < -0.39 is 26.2 Å². The fourth-order valence-corrected chi connectivity index (χ4v) is 7.85. The van der Waals surface area contributed by atoms with Gasteiger partial charge in [0.25, 0.3) is 0 Å². The highest BCUT2D eigenvalue weighted by atomic mass is 35.5. The van der Waals surface area contributed by atoms with E-state index in [9.17, 15) is 18.1 Å². The minimum absolute atomic E-state index is 0.00380. The van der Waals surface area contributed by atoms with E-state index in [0.717, 1.165) is 25.0 Å². The van der Waals surface area contributed by atoms with Crippen LogP contribution in [0.5, 0.6) is 5.75 Å². The van der Waals surface area contributed by atoms with Gasteiger partial charge in [-0.3, -0.25) is 10.3 Å². The summed E-state index contributed by atoms with van der Waals surface area (Å²) >= 11 is 12.3. The lowest BCUT2D eigenvalue weighted by Gasteiger charge is -2.57. The van der Waals surface area contributed by atoms with Gasteiger partial charge in [-0.15, -0.1) is 0 Å². The summed E-state index contributed by atoms with van der Waals surface area (Å²) in [7, 11) is -3.67. The van der Waals surface area contributed by atoms with Gasteiger partial charge in [-0.2, -0.15) is 5.26 Å². The number of halogens is 3. The molecule has 0 aliphatic heterocycles. The zero-order valence-corrected chi connectivity index (χ0v) is 20.1. The van der Waals surface area contributed by atoms with Crippen LogP contribution in [-0.4, -0.2) is 30.6 Å². The van der Waals surface area contributed by atoms with Crippen LogP contribution in [0.1, 0.15) is 46.0 Å². The van der Waals surface area contributed by atoms with E-state index >= 15 is 0 Å². The highest BCUT2D eigenvalue weighted by Crippen LogP contribution is 2.59. The van der Waals surface area contributed by atoms with Crippen molar-refractivity contribution in [3.05, 3.63) is 28.0 Å². The first-order valence-electron chi connectivity index (χ1n) is 10.4. The Labute approximate surface area is 197 Å². The number of nitrogens with zero attached hydrogens (tertiary/aromatic N) is 2. The van der Waals surface area contributed by atoms with Gasteiger partial charge in [0.05, 0.1) is 20.8 Å². The number of ether oxygens (including phenoxy) is 1. The second-order valence-corrected chi connectivity index (χ2v) is 12.5. The number of sulfonamides is 1. The van der Waals surface area contributed by atoms with Gasteiger partial charge in [-0.05, 0) is 75.8 Å². The second-order valence-electron chi connectivity index (χ2n) is 9.71. The second kappa shape index (κ2) is 8.01. The molecule has 2 unspecified atom stereocenters. The van der Waals surface area contributed by atoms with Gasteiger partial charge in [0, 0.05) is 0 Å². The average Bonchev–Trinajstić information content (AvgIpc) is 2.65. The molecule has 5 rings (SSSR count). The zero-order valence-electron chi connectivity index (χ0n) is 17.7. The van der Waals surface area contributed by atoms with Gasteiger partial charge in [-0.25, -0.2) is 17.9 Å². The van der Waals surface area contributed by atoms with Crippen molar-refractivity contribution in [2.24, 2.45) is 27.9 Å². The molecule has 4 fully saturated rings. The molecular formula is C21H25Cl2FN4O3S. The summed E-state index contributed by atoms with van der Waals surface area (Å²) in [6.07, 6.45) is 5.25. The highest BCUT2D eigenvalue weighted by Gasteiger charge is 2.60. The Hall–Kier alpha value is -1.60. The Balaban J connectivity index is 1.65. The molecule has 7 nitrogen and oxygen atoms in total. The topological polar surface area (TPSA) is 118 Å². The molecule has 0 amide bonds. The van der Waals surface area contributed by atoms with Gasteiger partial charge >= 0.3 is 0 Å². The number of hydrogen-bond acceptors (Lipinski definition) is 5. The molecule has 0 radical (unpaired) electrons. The van der Waals surface area contributed by atoms with Gasteiger partial charge < -0.3 is 4.74 Å². The Morgan fingerprint density at radius 2 is 1.84 bits per heavy atom. The zero-order chi connectivity index (χ0) is 23.5. The average molecular weight is 503 g/mol. The number of nitrogens with one attached hydrogen (secondary N) is 1. The molecule has 0 spiro atoms. The number of benzene rings is 1. The van der Waals surface area contributed by atoms with E-state index in [2.05, 4.69) is 5.32 Å². The van der Waals surface area contributed by atoms with Crippen LogP contribution in [0.25, 0.3) is 0 Å². The number of aliphatic imine (C=N–C) groups is 1. The molecule has 11 heteroatoms. The molecule has 174 valence electrons. The van der Waals surface area contributed by atoms with Crippen LogP contribution in [-0.2, 0) is 10.0 Å². The van der Waals surface area contributed by atoms with Crippen molar-refractivity contribution in [2.75, 3.05) is 0 Å². The lowest BCUT2D eigenvalue weighted by atomic mass is 9.54. The largest absolute Gasteiger partial charge is 0.477 e. The van der Waals surface area contributed by atoms with Crippen molar-refractivity contribution in [3.8, 4) is 11.9 Å². The van der Waals surface area contributed by atoms with Crippen molar-refractivity contribution in [1.29, 1.82) is 5.26 Å². The van der Waals surface area contributed by atoms with Crippen LogP contribution >= 0.6 is 23.2 Å². The predicted molar refractivity (Wildman–Crippen MR) is 120 cm³/mol. The minimum Gasteiger partial charge on any atom is -0.477 e. The molecule has 3 N–H and O–H groups in total. The van der Waals surface area contributed by atoms with E-state index in [1.54, 1.807) is 13.8 Å². The molecule has 4 bridgehead atoms. The normalized spacial score (nSPS) is 32.0. The number of nitriles is 1. The van der Waals surface area contributed by atoms with Gasteiger partial charge in [0.2, 0.25) is 10.0 Å². The van der Waals surface area contributed by atoms with Gasteiger partial charge in [0.15, 0.2) is 23.4 Å². The van der Waals surface area contributed by atoms with Crippen molar-refractivity contribution in [1.82, 2.24) is 5.32 Å². The van der Waals surface area contributed by atoms with Crippen LogP contribution in [0.2, 0.25) is 10.0 Å². The smallest absolute Gasteiger partial charge is 0.214 e. The molecule has 4 saturated carbocycles. The fraction of sp³-hybridized carbons (Fsp3) is 0.619. The Morgan fingerprint density at radius 3 is 2.34 bits per heavy atom. The van der Waals surface area contributed by atoms with Crippen LogP contribution in [0.4, 0.5) is 4.39 Å². The van der Waals surface area contributed by atoms with Crippen molar-refractivity contribution >= 4 is 39.1 Å². The van der Waals surface area contributed by atoms with Crippen LogP contribution in [0, 0.1) is 35.0 Å². The number of hydrogen-bond donors (Lipinski definition) is 2. The number of rotatable bonds is 5. The summed E-state index contributed by atoms with van der Waals surface area (Å²) in [5.41, 5.74) is -1.15. The molecule has 0 heterocycles. The Morgan fingerprint density at radius 1 is 1.28 bits per heavy atom. The summed E-state index contributed by atoms with van der Waals surface area (Å²) in [5, 5.41) is 17.6. The molecule has 0 saturated heterocycles. The molecular weight excluding hydrogens is 478 g/mol. The van der Waals surface area contributed by atoms with Gasteiger partial charge in [0.1, 0.15) is 5.82 Å². The van der Waals surface area contributed by atoms with E-state index in [0.29, 0.717) is 25.2 Å². The highest BCUT2D eigenvalue weighted by molar-refractivity contribution is 7.90. The molecule has 2 atom stereocenters. The third-order valence-electron chi connectivity index (χ3n) is 7.11. The van der Waals surface area contributed by atoms with Crippen LogP contribution in [0.3, 0.4) is 0 Å². The number of primary sulfonamides is 1. The van der Waals surface area contributed by atoms with Crippen molar-refractivity contribution in [3.63, 3.8) is 0 Å². The Kier molecular flexibility index (Phi) is 5.90. The molecule has 32 heavy (non-hydrogen) atoms. The summed E-state index contributed by atoms with van der Waals surface area (Å²) in [5.74, 6) is 0.217. The van der Waals surface area contributed by atoms with Crippen molar-refractivity contribution < 1.29 is 17.5 Å². The maximum atomic E-state index is 13.6. The van der Waals surface area contributed by atoms with Crippen LogP contribution in [0.15, 0.2) is 17.1 Å². The lowest BCUT2D eigenvalue weighted by molar-refractivity contribution is 0.0138. The standard InChI is InChI=1S/C21H25Cl2FN4O3S/c1-20(2,31-18-15(22)5-14(24)6-16(18)23)19(27-10-25)28-17-12-3-11-4-13(17)9-21(7-11,8-12)32(26,29)30/h5-6,11-13,17H,3-4,7-9H2,1-2H3,(H,27,28)(H2,26,29,30). The summed E-state index contributed by atoms with van der Waals surface area (Å²) < 4.78 is 43.5. The van der Waals surface area contributed by atoms with E-state index in [1.165, 1.54) is 0 Å². The molecule has 1 aromatic rings. The third-order valence-corrected chi connectivity index (χ3v) is 9.38. The first-order chi connectivity index (χ1) is 14.8. The quantitative estimate of drug-likeness (QED) is 0.273. The lowest BCUT2D eigenvalue weighted by Crippen LogP contribution is -2.61.